The second kappa shape index (κ2) is 22.9. The molecule has 12 heteroatoms. The van der Waals surface area contributed by atoms with E-state index in [1.807, 2.05) is 140 Å². The number of ether oxygens (including phenoxy) is 2. The number of rotatable bonds is 9. The number of aldehydes is 1. The third-order valence-corrected chi connectivity index (χ3v) is 8.81. The van der Waals surface area contributed by atoms with Crippen LogP contribution in [0.15, 0.2) is 152 Å². The summed E-state index contributed by atoms with van der Waals surface area (Å²) in [5, 5.41) is 12.7. The molecule has 0 bridgehead atoms. The summed E-state index contributed by atoms with van der Waals surface area (Å²) in [6.45, 7) is 0. The molecule has 302 valence electrons. The number of nitrogens with zero attached hydrogens (tertiary/aromatic N) is 4. The van der Waals surface area contributed by atoms with Crippen molar-refractivity contribution in [1.29, 1.82) is 0 Å². The Morgan fingerprint density at radius 3 is 1.40 bits per heavy atom. The Morgan fingerprint density at radius 2 is 0.950 bits per heavy atom. The number of aryl methyl sites for hydroxylation is 2. The SMILES string of the molecule is COC(=O)/C=C/c1ccc2ccccc2n1.COC(=O)CCc1ccc2ccccc2n1.O=C(CCc1ccc2ccccc2n1)NO.O=Cc1ccc2ccccc2n1. The van der Waals surface area contributed by atoms with Crippen LogP contribution < -0.4 is 5.48 Å². The van der Waals surface area contributed by atoms with Crippen molar-refractivity contribution in [2.75, 3.05) is 14.2 Å². The lowest BCUT2D eigenvalue weighted by molar-refractivity contribution is -0.140. The summed E-state index contributed by atoms with van der Waals surface area (Å²) in [4.78, 5) is 60.6. The predicted octanol–water partition coefficient (Wildman–Crippen LogP) is 8.48. The van der Waals surface area contributed by atoms with Gasteiger partial charge in [-0.3, -0.25) is 29.6 Å². The van der Waals surface area contributed by atoms with Gasteiger partial charge in [0.25, 0.3) is 0 Å². The number of pyridine rings is 4. The molecule has 1 amide bonds. The van der Waals surface area contributed by atoms with Crippen LogP contribution in [-0.2, 0) is 36.7 Å². The highest BCUT2D eigenvalue weighted by Crippen LogP contribution is 2.15. The molecule has 0 aliphatic rings. The highest BCUT2D eigenvalue weighted by Gasteiger charge is 2.04. The van der Waals surface area contributed by atoms with Gasteiger partial charge in [-0.2, -0.15) is 0 Å². The van der Waals surface area contributed by atoms with Gasteiger partial charge < -0.3 is 9.47 Å². The molecule has 12 nitrogen and oxygen atoms in total. The molecule has 0 saturated carbocycles. The Hall–Kier alpha value is -7.70. The summed E-state index contributed by atoms with van der Waals surface area (Å²) < 4.78 is 9.10. The average Bonchev–Trinajstić information content (AvgIpc) is 3.31. The van der Waals surface area contributed by atoms with Crippen LogP contribution in [0.4, 0.5) is 0 Å². The summed E-state index contributed by atoms with van der Waals surface area (Å²) >= 11 is 0. The molecule has 8 rings (SSSR count). The fourth-order valence-electron chi connectivity index (χ4n) is 5.67. The van der Waals surface area contributed by atoms with Crippen molar-refractivity contribution in [2.45, 2.75) is 25.7 Å². The van der Waals surface area contributed by atoms with E-state index in [1.54, 1.807) is 17.6 Å². The minimum Gasteiger partial charge on any atom is -0.469 e. The Kier molecular flexibility index (Phi) is 16.6. The molecule has 0 fully saturated rings. The van der Waals surface area contributed by atoms with Crippen LogP contribution in [-0.4, -0.2) is 63.5 Å². The summed E-state index contributed by atoms with van der Waals surface area (Å²) in [6.07, 6.45) is 5.51. The number of hydrogen-bond acceptors (Lipinski definition) is 11. The Labute approximate surface area is 346 Å². The largest absolute Gasteiger partial charge is 0.469 e. The number of esters is 2. The van der Waals surface area contributed by atoms with E-state index >= 15 is 0 Å². The van der Waals surface area contributed by atoms with Crippen LogP contribution >= 0.6 is 0 Å². The van der Waals surface area contributed by atoms with E-state index < -0.39 is 5.91 Å². The number of aromatic nitrogens is 4. The number of hydrogen-bond donors (Lipinski definition) is 2. The van der Waals surface area contributed by atoms with Crippen LogP contribution in [0.5, 0.6) is 0 Å². The number of amides is 1. The maximum absolute atomic E-state index is 11.0. The fraction of sp³-hybridized carbons (Fsp3) is 0.125. The van der Waals surface area contributed by atoms with Crippen LogP contribution in [0.25, 0.3) is 49.7 Å². The third kappa shape index (κ3) is 13.5. The maximum atomic E-state index is 11.0. The van der Waals surface area contributed by atoms with Crippen molar-refractivity contribution in [1.82, 2.24) is 25.4 Å². The molecule has 2 N–H and O–H groups in total. The summed E-state index contributed by atoms with van der Waals surface area (Å²) in [7, 11) is 2.75. The summed E-state index contributed by atoms with van der Waals surface area (Å²) in [5.41, 5.74) is 8.25. The van der Waals surface area contributed by atoms with E-state index in [-0.39, 0.29) is 18.4 Å². The zero-order valence-corrected chi connectivity index (χ0v) is 33.1. The second-order valence-corrected chi connectivity index (χ2v) is 12.9. The van der Waals surface area contributed by atoms with Crippen molar-refractivity contribution in [2.24, 2.45) is 0 Å². The number of benzene rings is 4. The van der Waals surface area contributed by atoms with Gasteiger partial charge in [0.15, 0.2) is 6.29 Å². The van der Waals surface area contributed by atoms with Crippen molar-refractivity contribution in [3.05, 3.63) is 174 Å². The lowest BCUT2D eigenvalue weighted by Gasteiger charge is -2.02. The zero-order chi connectivity index (χ0) is 42.5. The number of para-hydroxylation sites is 4. The smallest absolute Gasteiger partial charge is 0.330 e. The first-order chi connectivity index (χ1) is 29.3. The molecule has 0 atom stereocenters. The molecule has 0 aliphatic carbocycles. The molecule has 4 heterocycles. The van der Waals surface area contributed by atoms with Crippen molar-refractivity contribution >= 4 is 73.8 Å². The van der Waals surface area contributed by atoms with E-state index in [0.29, 0.717) is 25.0 Å². The first-order valence-electron chi connectivity index (χ1n) is 18.9. The first kappa shape index (κ1) is 43.4. The van der Waals surface area contributed by atoms with E-state index in [1.165, 1.54) is 20.3 Å². The molecule has 0 unspecified atom stereocenters. The van der Waals surface area contributed by atoms with E-state index in [2.05, 4.69) is 29.4 Å². The predicted molar refractivity (Wildman–Crippen MR) is 232 cm³/mol. The van der Waals surface area contributed by atoms with Gasteiger partial charge in [0.1, 0.15) is 5.69 Å². The second-order valence-electron chi connectivity index (χ2n) is 12.9. The minimum atomic E-state index is -0.394. The molecular formula is C48H43N5O7. The minimum absolute atomic E-state index is 0.199. The van der Waals surface area contributed by atoms with Gasteiger partial charge >= 0.3 is 11.9 Å². The van der Waals surface area contributed by atoms with Crippen molar-refractivity contribution < 1.29 is 33.9 Å². The third-order valence-electron chi connectivity index (χ3n) is 8.81. The number of carbonyl (C=O) groups is 4. The number of methoxy groups -OCH3 is 2. The molecule has 4 aromatic carbocycles. The molecule has 4 aromatic heterocycles. The van der Waals surface area contributed by atoms with Gasteiger partial charge in [-0.25, -0.2) is 20.2 Å². The van der Waals surface area contributed by atoms with Crippen LogP contribution in [0.3, 0.4) is 0 Å². The monoisotopic (exact) mass is 801 g/mol. The standard InChI is InChI=1S/C13H13NO2.C13H11NO2.C12H12N2O2.C10H7NO/c2*1-16-13(15)9-8-11-7-6-10-4-2-3-5-12(10)14-11;15-12(14-16)8-7-10-6-5-9-3-1-2-4-11(9)13-10;12-7-9-6-5-8-3-1-2-4-10(8)11-9/h2-7H,8-9H2,1H3;2-9H,1H3;1-6,16H,7-8H2,(H,14,15);1-7H/b;9-8+;;. The van der Waals surface area contributed by atoms with Crippen LogP contribution in [0, 0.1) is 0 Å². The molecule has 60 heavy (non-hydrogen) atoms. The molecule has 0 spiro atoms. The number of carbonyl (C=O) groups excluding carboxylic acids is 4. The Bertz CT molecular complexity index is 2640. The molecule has 0 aliphatic heterocycles. The van der Waals surface area contributed by atoms with E-state index in [4.69, 9.17) is 5.21 Å². The molecule has 0 radical (unpaired) electrons. The van der Waals surface area contributed by atoms with E-state index in [0.717, 1.165) is 67.0 Å². The number of fused-ring (bicyclic) bond motifs is 4. The molecular weight excluding hydrogens is 759 g/mol. The maximum Gasteiger partial charge on any atom is 0.330 e. The lowest BCUT2D eigenvalue weighted by atomic mass is 10.1. The van der Waals surface area contributed by atoms with Gasteiger partial charge in [-0.15, -0.1) is 0 Å². The molecule has 0 saturated heterocycles. The van der Waals surface area contributed by atoms with E-state index in [9.17, 15) is 19.2 Å². The number of hydroxylamine groups is 1. The fourth-order valence-corrected chi connectivity index (χ4v) is 5.67. The summed E-state index contributed by atoms with van der Waals surface area (Å²) in [6, 6.07) is 46.6. The van der Waals surface area contributed by atoms with Crippen LogP contribution in [0.1, 0.15) is 40.4 Å². The topological polar surface area (TPSA) is 171 Å². The van der Waals surface area contributed by atoms with Gasteiger partial charge in [0.2, 0.25) is 5.91 Å². The number of nitrogens with one attached hydrogen (secondary N) is 1. The normalized spacial score (nSPS) is 10.4. The highest BCUT2D eigenvalue weighted by molar-refractivity contribution is 5.88. The highest BCUT2D eigenvalue weighted by atomic mass is 16.5. The quantitative estimate of drug-likeness (QED) is 0.0472. The zero-order valence-electron chi connectivity index (χ0n) is 33.1. The van der Waals surface area contributed by atoms with Gasteiger partial charge in [-0.05, 0) is 61.0 Å². The van der Waals surface area contributed by atoms with Crippen molar-refractivity contribution in [3.8, 4) is 0 Å². The summed E-state index contributed by atoms with van der Waals surface area (Å²) in [5.74, 6) is -0.972. The Balaban J connectivity index is 0.000000153. The van der Waals surface area contributed by atoms with Gasteiger partial charge in [0, 0.05) is 51.9 Å². The molecule has 8 aromatic rings. The average molecular weight is 802 g/mol. The Morgan fingerprint density at radius 1 is 0.533 bits per heavy atom. The van der Waals surface area contributed by atoms with Gasteiger partial charge in [0.05, 0.1) is 48.4 Å². The van der Waals surface area contributed by atoms with Crippen LogP contribution in [0.2, 0.25) is 0 Å². The lowest BCUT2D eigenvalue weighted by Crippen LogP contribution is -2.18. The van der Waals surface area contributed by atoms with Crippen molar-refractivity contribution in [3.63, 3.8) is 0 Å². The van der Waals surface area contributed by atoms with Gasteiger partial charge in [-0.1, -0.05) is 97.1 Å². The first-order valence-corrected chi connectivity index (χ1v) is 18.9.